The molecular weight excluding hydrogens is 342 g/mol. The lowest BCUT2D eigenvalue weighted by Gasteiger charge is -2.20. The molecule has 0 heterocycles. The predicted molar refractivity (Wildman–Crippen MR) is 107 cm³/mol. The molecule has 0 saturated heterocycles. The SMILES string of the molecule is CCCCCCCCNC(CC(N)=O)C(=O)N[C@H]([C]=O)Cc1ccccc1. The van der Waals surface area contributed by atoms with Crippen LogP contribution >= 0.6 is 0 Å². The molecule has 1 radical (unpaired) electrons. The van der Waals surface area contributed by atoms with E-state index in [1.807, 2.05) is 36.6 Å². The molecule has 6 nitrogen and oxygen atoms in total. The second-order valence-electron chi connectivity index (χ2n) is 6.81. The Morgan fingerprint density at radius 1 is 1.07 bits per heavy atom. The highest BCUT2D eigenvalue weighted by molar-refractivity contribution is 5.89. The van der Waals surface area contributed by atoms with Gasteiger partial charge in [0.05, 0.1) is 18.5 Å². The average molecular weight is 375 g/mol. The van der Waals surface area contributed by atoms with Crippen LogP contribution < -0.4 is 16.4 Å². The Labute approximate surface area is 162 Å². The zero-order valence-electron chi connectivity index (χ0n) is 16.2. The summed E-state index contributed by atoms with van der Waals surface area (Å²) in [5.41, 5.74) is 6.20. The van der Waals surface area contributed by atoms with E-state index in [2.05, 4.69) is 17.6 Å². The van der Waals surface area contributed by atoms with Gasteiger partial charge in [-0.05, 0) is 18.5 Å². The molecule has 1 rings (SSSR count). The van der Waals surface area contributed by atoms with Gasteiger partial charge < -0.3 is 16.4 Å². The van der Waals surface area contributed by atoms with Crippen molar-refractivity contribution in [3.8, 4) is 0 Å². The maximum absolute atomic E-state index is 12.5. The van der Waals surface area contributed by atoms with E-state index in [4.69, 9.17) is 5.73 Å². The highest BCUT2D eigenvalue weighted by Gasteiger charge is 2.23. The van der Waals surface area contributed by atoms with Crippen molar-refractivity contribution < 1.29 is 14.4 Å². The molecule has 1 aromatic rings. The summed E-state index contributed by atoms with van der Waals surface area (Å²) in [6.45, 7) is 2.81. The number of rotatable bonds is 15. The van der Waals surface area contributed by atoms with Crippen LogP contribution in [-0.4, -0.2) is 36.7 Å². The van der Waals surface area contributed by atoms with Crippen LogP contribution in [-0.2, 0) is 20.8 Å². The van der Waals surface area contributed by atoms with Gasteiger partial charge in [0.1, 0.15) is 0 Å². The first-order valence-corrected chi connectivity index (χ1v) is 9.80. The van der Waals surface area contributed by atoms with Gasteiger partial charge in [0, 0.05) is 6.42 Å². The molecule has 0 fully saturated rings. The minimum atomic E-state index is -0.758. The van der Waals surface area contributed by atoms with Crippen molar-refractivity contribution in [2.75, 3.05) is 6.54 Å². The number of carbonyl (C=O) groups excluding carboxylic acids is 3. The molecule has 149 valence electrons. The summed E-state index contributed by atoms with van der Waals surface area (Å²) in [6, 6.07) is 7.91. The van der Waals surface area contributed by atoms with Crippen molar-refractivity contribution in [2.45, 2.75) is 70.4 Å². The van der Waals surface area contributed by atoms with Gasteiger partial charge in [0.25, 0.3) is 0 Å². The van der Waals surface area contributed by atoms with Gasteiger partial charge in [-0.15, -0.1) is 0 Å². The van der Waals surface area contributed by atoms with E-state index in [0.29, 0.717) is 13.0 Å². The Morgan fingerprint density at radius 2 is 1.74 bits per heavy atom. The zero-order valence-corrected chi connectivity index (χ0v) is 16.2. The average Bonchev–Trinajstić information content (AvgIpc) is 2.66. The number of hydrogen-bond donors (Lipinski definition) is 3. The number of unbranched alkanes of at least 4 members (excludes halogenated alkanes) is 5. The lowest BCUT2D eigenvalue weighted by atomic mass is 10.1. The number of nitrogens with two attached hydrogens (primary N) is 1. The summed E-state index contributed by atoms with van der Waals surface area (Å²) in [6.07, 6.45) is 8.96. The van der Waals surface area contributed by atoms with E-state index in [9.17, 15) is 14.4 Å². The quantitative estimate of drug-likeness (QED) is 0.409. The van der Waals surface area contributed by atoms with E-state index in [-0.39, 0.29) is 6.42 Å². The van der Waals surface area contributed by atoms with Crippen molar-refractivity contribution in [1.29, 1.82) is 0 Å². The lowest BCUT2D eigenvalue weighted by Crippen LogP contribution is -2.50. The third-order valence-electron chi connectivity index (χ3n) is 4.38. The summed E-state index contributed by atoms with van der Waals surface area (Å²) >= 11 is 0. The normalized spacial score (nSPS) is 12.9. The molecule has 0 aliphatic carbocycles. The van der Waals surface area contributed by atoms with E-state index in [1.165, 1.54) is 25.7 Å². The standard InChI is InChI=1S/C21H32N3O3/c1-2-3-4-5-6-10-13-23-19(15-20(22)26)21(27)24-18(16-25)14-17-11-8-7-9-12-17/h7-9,11-12,18-19,23H,2-6,10,13-15H2,1H3,(H2,22,26)(H,24,27)/t18-,19?/m0/s1. The van der Waals surface area contributed by atoms with Gasteiger partial charge in [-0.2, -0.15) is 0 Å². The Hall–Kier alpha value is -2.21. The topological polar surface area (TPSA) is 101 Å². The van der Waals surface area contributed by atoms with Gasteiger partial charge in [0.15, 0.2) is 0 Å². The van der Waals surface area contributed by atoms with Gasteiger partial charge in [-0.1, -0.05) is 69.4 Å². The first-order valence-electron chi connectivity index (χ1n) is 9.80. The van der Waals surface area contributed by atoms with Crippen LogP contribution in [0.25, 0.3) is 0 Å². The van der Waals surface area contributed by atoms with Crippen LogP contribution in [0.4, 0.5) is 0 Å². The minimum absolute atomic E-state index is 0.0986. The van der Waals surface area contributed by atoms with Crippen LogP contribution in [0.3, 0.4) is 0 Å². The lowest BCUT2D eigenvalue weighted by molar-refractivity contribution is -0.127. The van der Waals surface area contributed by atoms with E-state index in [0.717, 1.165) is 18.4 Å². The highest BCUT2D eigenvalue weighted by Crippen LogP contribution is 2.05. The number of carbonyl (C=O) groups is 2. The Kier molecular flexibility index (Phi) is 11.8. The largest absolute Gasteiger partial charge is 0.370 e. The molecule has 0 aliphatic rings. The predicted octanol–water partition coefficient (Wildman–Crippen LogP) is 2.02. The van der Waals surface area contributed by atoms with Crippen LogP contribution in [0.1, 0.15) is 57.4 Å². The smallest absolute Gasteiger partial charge is 0.238 e. The monoisotopic (exact) mass is 374 g/mol. The first kappa shape index (κ1) is 22.8. The molecule has 0 aromatic heterocycles. The molecule has 6 heteroatoms. The highest BCUT2D eigenvalue weighted by atomic mass is 16.2. The van der Waals surface area contributed by atoms with Crippen molar-refractivity contribution in [3.05, 3.63) is 35.9 Å². The zero-order chi connectivity index (χ0) is 19.9. The van der Waals surface area contributed by atoms with Crippen molar-refractivity contribution >= 4 is 18.1 Å². The Morgan fingerprint density at radius 3 is 2.37 bits per heavy atom. The molecule has 0 aliphatic heterocycles. The summed E-state index contributed by atoms with van der Waals surface area (Å²) in [4.78, 5) is 35.0. The van der Waals surface area contributed by atoms with Crippen molar-refractivity contribution in [2.24, 2.45) is 5.73 Å². The van der Waals surface area contributed by atoms with Crippen LogP contribution in [0.15, 0.2) is 30.3 Å². The number of nitrogens with one attached hydrogen (secondary N) is 2. The van der Waals surface area contributed by atoms with Gasteiger partial charge in [0.2, 0.25) is 18.1 Å². The fourth-order valence-corrected chi connectivity index (χ4v) is 2.88. The molecule has 27 heavy (non-hydrogen) atoms. The number of primary amides is 1. The molecule has 1 unspecified atom stereocenters. The van der Waals surface area contributed by atoms with E-state index < -0.39 is 23.9 Å². The maximum Gasteiger partial charge on any atom is 0.238 e. The van der Waals surface area contributed by atoms with Gasteiger partial charge in [-0.25, -0.2) is 0 Å². The Bertz CT molecular complexity index is 563. The van der Waals surface area contributed by atoms with Crippen LogP contribution in [0.5, 0.6) is 0 Å². The summed E-state index contributed by atoms with van der Waals surface area (Å²) in [7, 11) is 0. The first-order chi connectivity index (χ1) is 13.1. The summed E-state index contributed by atoms with van der Waals surface area (Å²) in [5.74, 6) is -0.954. The third kappa shape index (κ3) is 10.5. The second-order valence-corrected chi connectivity index (χ2v) is 6.81. The fraction of sp³-hybridized carbons (Fsp3) is 0.571. The van der Waals surface area contributed by atoms with Crippen LogP contribution in [0, 0.1) is 0 Å². The summed E-state index contributed by atoms with van der Waals surface area (Å²) < 4.78 is 0. The number of benzene rings is 1. The number of amides is 2. The van der Waals surface area contributed by atoms with Crippen molar-refractivity contribution in [3.63, 3.8) is 0 Å². The second kappa shape index (κ2) is 13.9. The molecule has 4 N–H and O–H groups in total. The Balaban J connectivity index is 2.47. The maximum atomic E-state index is 12.5. The molecular formula is C21H32N3O3. The summed E-state index contributed by atoms with van der Waals surface area (Å²) in [5, 5.41) is 5.75. The molecule has 0 spiro atoms. The van der Waals surface area contributed by atoms with Crippen molar-refractivity contribution in [1.82, 2.24) is 10.6 Å². The molecule has 2 amide bonds. The van der Waals surface area contributed by atoms with Crippen LogP contribution in [0.2, 0.25) is 0 Å². The fourth-order valence-electron chi connectivity index (χ4n) is 2.88. The van der Waals surface area contributed by atoms with Gasteiger partial charge in [-0.3, -0.25) is 14.4 Å². The van der Waals surface area contributed by atoms with E-state index in [1.54, 1.807) is 0 Å². The van der Waals surface area contributed by atoms with Gasteiger partial charge >= 0.3 is 0 Å². The molecule has 1 aromatic carbocycles. The van der Waals surface area contributed by atoms with E-state index >= 15 is 0 Å². The molecule has 2 atom stereocenters. The molecule has 0 saturated carbocycles. The number of hydrogen-bond acceptors (Lipinski definition) is 4. The third-order valence-corrected chi connectivity index (χ3v) is 4.38. The molecule has 0 bridgehead atoms. The minimum Gasteiger partial charge on any atom is -0.370 e.